The maximum Gasteiger partial charge on any atom is 0.334 e. The lowest BCUT2D eigenvalue weighted by Crippen LogP contribution is -2.28. The first-order chi connectivity index (χ1) is 6.72. The van der Waals surface area contributed by atoms with Gasteiger partial charge in [0.25, 0.3) is 0 Å². The topological polar surface area (TPSA) is 84.1 Å². The van der Waals surface area contributed by atoms with Gasteiger partial charge in [-0.05, 0) is 17.4 Å². The van der Waals surface area contributed by atoms with Gasteiger partial charge in [0.05, 0.1) is 12.1 Å². The van der Waals surface area contributed by atoms with E-state index < -0.39 is 5.97 Å². The summed E-state index contributed by atoms with van der Waals surface area (Å²) in [5, 5.41) is 19.8. The van der Waals surface area contributed by atoms with Gasteiger partial charge in [0.15, 0.2) is 0 Å². The third kappa shape index (κ3) is 1.22. The highest BCUT2D eigenvalue weighted by atomic mass is 16.4. The molecule has 0 amide bonds. The largest absolute Gasteiger partial charge is 0.478 e. The van der Waals surface area contributed by atoms with Crippen LogP contribution in [-0.4, -0.2) is 37.8 Å². The van der Waals surface area contributed by atoms with Gasteiger partial charge in [-0.2, -0.15) is 0 Å². The van der Waals surface area contributed by atoms with Crippen molar-refractivity contribution < 1.29 is 9.90 Å². The minimum absolute atomic E-state index is 0.216. The average Bonchev–Trinajstić information content (AvgIpc) is 2.63. The third-order valence-corrected chi connectivity index (χ3v) is 2.02. The van der Waals surface area contributed by atoms with Crippen molar-refractivity contribution in [2.75, 3.05) is 11.4 Å². The maximum atomic E-state index is 10.8. The van der Waals surface area contributed by atoms with E-state index in [9.17, 15) is 4.79 Å². The average molecular weight is 195 g/mol. The van der Waals surface area contributed by atoms with Crippen molar-refractivity contribution in [2.24, 2.45) is 0 Å². The third-order valence-electron chi connectivity index (χ3n) is 2.02. The van der Waals surface area contributed by atoms with Gasteiger partial charge < -0.3 is 10.0 Å². The first kappa shape index (κ1) is 8.67. The van der Waals surface area contributed by atoms with Crippen LogP contribution >= 0.6 is 0 Å². The quantitative estimate of drug-likeness (QED) is 0.683. The molecule has 1 N–H and O–H groups in total. The van der Waals surface area contributed by atoms with Gasteiger partial charge in [0, 0.05) is 12.7 Å². The zero-order valence-corrected chi connectivity index (χ0v) is 7.58. The van der Waals surface area contributed by atoms with E-state index >= 15 is 0 Å². The van der Waals surface area contributed by atoms with Gasteiger partial charge >= 0.3 is 5.97 Å². The molecule has 1 aliphatic rings. The molecule has 0 saturated carbocycles. The fourth-order valence-corrected chi connectivity index (χ4v) is 1.31. The van der Waals surface area contributed by atoms with E-state index in [0.29, 0.717) is 12.5 Å². The summed E-state index contributed by atoms with van der Waals surface area (Å²) in [5.41, 5.74) is 0.284. The number of hydrogen-bond donors (Lipinski definition) is 1. The second-order valence-corrected chi connectivity index (χ2v) is 2.88. The molecule has 0 atom stereocenters. The monoisotopic (exact) mass is 195 g/mol. The van der Waals surface area contributed by atoms with Crippen LogP contribution in [0.5, 0.6) is 0 Å². The Labute approximate surface area is 79.6 Å². The van der Waals surface area contributed by atoms with Crippen molar-refractivity contribution in [3.05, 3.63) is 11.8 Å². The first-order valence-electron chi connectivity index (χ1n) is 4.19. The number of carbonyl (C=O) groups is 1. The van der Waals surface area contributed by atoms with Crippen LogP contribution in [0.15, 0.2) is 11.8 Å². The van der Waals surface area contributed by atoms with Crippen molar-refractivity contribution in [3.8, 4) is 0 Å². The van der Waals surface area contributed by atoms with E-state index in [4.69, 9.17) is 5.11 Å². The number of nitrogens with zero attached hydrogens (tertiary/aromatic N) is 5. The van der Waals surface area contributed by atoms with Crippen LogP contribution in [0, 0.1) is 0 Å². The van der Waals surface area contributed by atoms with Crippen molar-refractivity contribution in [2.45, 2.75) is 13.5 Å². The van der Waals surface area contributed by atoms with Crippen molar-refractivity contribution in [1.82, 2.24) is 20.2 Å². The fourth-order valence-electron chi connectivity index (χ4n) is 1.31. The standard InChI is InChI=1S/C7H9N5O2/c1-2-11-3-5(6(13)14)4-12-7(11)8-9-10-12/h3H,2,4H2,1H3,(H,13,14). The van der Waals surface area contributed by atoms with Crippen LogP contribution in [0.2, 0.25) is 0 Å². The second-order valence-electron chi connectivity index (χ2n) is 2.88. The van der Waals surface area contributed by atoms with Crippen LogP contribution in [0.4, 0.5) is 5.95 Å². The number of rotatable bonds is 2. The Kier molecular flexibility index (Phi) is 1.91. The van der Waals surface area contributed by atoms with Crippen LogP contribution in [0.25, 0.3) is 0 Å². The number of hydrogen-bond acceptors (Lipinski definition) is 5. The predicted octanol–water partition coefficient (Wildman–Crippen LogP) is -0.518. The molecule has 1 aromatic rings. The Balaban J connectivity index is 2.38. The lowest BCUT2D eigenvalue weighted by Gasteiger charge is -2.22. The molecule has 14 heavy (non-hydrogen) atoms. The first-order valence-corrected chi connectivity index (χ1v) is 4.19. The van der Waals surface area contributed by atoms with E-state index in [0.717, 1.165) is 0 Å². The molecule has 0 fully saturated rings. The van der Waals surface area contributed by atoms with Crippen LogP contribution in [-0.2, 0) is 11.3 Å². The van der Waals surface area contributed by atoms with E-state index in [1.807, 2.05) is 6.92 Å². The highest BCUT2D eigenvalue weighted by Gasteiger charge is 2.22. The normalized spacial score (nSPS) is 14.9. The molecule has 0 aliphatic carbocycles. The van der Waals surface area contributed by atoms with Gasteiger partial charge in [-0.15, -0.1) is 0 Å². The molecule has 0 saturated heterocycles. The molecule has 2 rings (SSSR count). The summed E-state index contributed by atoms with van der Waals surface area (Å²) in [5.74, 6) is -0.359. The molecule has 1 aliphatic heterocycles. The molecule has 0 unspecified atom stereocenters. The lowest BCUT2D eigenvalue weighted by molar-refractivity contribution is -0.132. The van der Waals surface area contributed by atoms with Crippen molar-refractivity contribution in [1.29, 1.82) is 0 Å². The number of anilines is 1. The van der Waals surface area contributed by atoms with E-state index in [1.165, 1.54) is 4.68 Å². The summed E-state index contributed by atoms with van der Waals surface area (Å²) >= 11 is 0. The van der Waals surface area contributed by atoms with E-state index in [1.54, 1.807) is 11.1 Å². The zero-order chi connectivity index (χ0) is 10.1. The Morgan fingerprint density at radius 1 is 1.71 bits per heavy atom. The number of carboxylic acid groups (broad SMARTS) is 1. The smallest absolute Gasteiger partial charge is 0.334 e. The van der Waals surface area contributed by atoms with Crippen LogP contribution in [0.1, 0.15) is 6.92 Å². The summed E-state index contributed by atoms with van der Waals surface area (Å²) in [7, 11) is 0. The second kappa shape index (κ2) is 3.09. The Hall–Kier alpha value is -1.92. The van der Waals surface area contributed by atoms with Gasteiger partial charge in [-0.1, -0.05) is 5.10 Å². The van der Waals surface area contributed by atoms with Crippen LogP contribution < -0.4 is 4.90 Å². The Bertz CT molecular complexity index is 397. The lowest BCUT2D eigenvalue weighted by atomic mass is 10.2. The summed E-state index contributed by atoms with van der Waals surface area (Å²) in [6.07, 6.45) is 1.56. The molecule has 74 valence electrons. The minimum atomic E-state index is -0.940. The van der Waals surface area contributed by atoms with Gasteiger partial charge in [-0.25, -0.2) is 9.48 Å². The molecular weight excluding hydrogens is 186 g/mol. The molecule has 0 bridgehead atoms. The summed E-state index contributed by atoms with van der Waals surface area (Å²) in [6.45, 7) is 2.76. The van der Waals surface area contributed by atoms with E-state index in [-0.39, 0.29) is 12.1 Å². The Morgan fingerprint density at radius 3 is 3.14 bits per heavy atom. The van der Waals surface area contributed by atoms with Crippen molar-refractivity contribution in [3.63, 3.8) is 0 Å². The van der Waals surface area contributed by atoms with Gasteiger partial charge in [-0.3, -0.25) is 0 Å². The summed E-state index contributed by atoms with van der Waals surface area (Å²) in [4.78, 5) is 12.5. The summed E-state index contributed by atoms with van der Waals surface area (Å²) in [6, 6.07) is 0. The minimum Gasteiger partial charge on any atom is -0.478 e. The van der Waals surface area contributed by atoms with Crippen molar-refractivity contribution >= 4 is 11.9 Å². The highest BCUT2D eigenvalue weighted by molar-refractivity contribution is 5.87. The number of aliphatic carboxylic acids is 1. The predicted molar refractivity (Wildman–Crippen MR) is 46.6 cm³/mol. The van der Waals surface area contributed by atoms with Gasteiger partial charge in [0.2, 0.25) is 5.95 Å². The molecular formula is C7H9N5O2. The summed E-state index contributed by atoms with van der Waals surface area (Å²) < 4.78 is 1.47. The number of aromatic nitrogens is 4. The fraction of sp³-hybridized carbons (Fsp3) is 0.429. The SMILES string of the molecule is CCN1C=C(C(=O)O)Cn2nnnc21. The highest BCUT2D eigenvalue weighted by Crippen LogP contribution is 2.17. The molecule has 7 heteroatoms. The maximum absolute atomic E-state index is 10.8. The molecule has 0 spiro atoms. The number of carboxylic acids is 1. The Morgan fingerprint density at radius 2 is 2.50 bits per heavy atom. The molecule has 0 radical (unpaired) electrons. The molecule has 2 heterocycles. The molecule has 7 nitrogen and oxygen atoms in total. The molecule has 1 aromatic heterocycles. The number of tetrazole rings is 1. The number of fused-ring (bicyclic) bond motifs is 1. The zero-order valence-electron chi connectivity index (χ0n) is 7.58. The van der Waals surface area contributed by atoms with Crippen LogP contribution in [0.3, 0.4) is 0 Å². The van der Waals surface area contributed by atoms with E-state index in [2.05, 4.69) is 15.5 Å². The molecule has 0 aromatic carbocycles. The van der Waals surface area contributed by atoms with Gasteiger partial charge in [0.1, 0.15) is 0 Å².